The van der Waals surface area contributed by atoms with E-state index < -0.39 is 0 Å². The maximum atomic E-state index is 11.1. The molecule has 1 aliphatic carbocycles. The molecule has 142 heavy (non-hydrogen) atoms. The number of H-pyrrole nitrogens is 1. The molecule has 10 heterocycles. The van der Waals surface area contributed by atoms with E-state index in [1.807, 2.05) is 103 Å². The number of carbonyl (C=O) groups excluding carboxylic acids is 1. The summed E-state index contributed by atoms with van der Waals surface area (Å²) in [6, 6.07) is 96.9. The number of aromatic nitrogens is 6. The molecule has 770 valence electrons. The minimum atomic E-state index is 0. The van der Waals surface area contributed by atoms with Gasteiger partial charge in [-0.05, 0) is 281 Å². The first kappa shape index (κ1) is 123. The molecule has 0 radical (unpaired) electrons. The number of hydrogen-bond acceptors (Lipinski definition) is 11. The molecule has 14 heteroatoms. The third-order valence-corrected chi connectivity index (χ3v) is 22.7. The van der Waals surface area contributed by atoms with E-state index >= 15 is 0 Å². The van der Waals surface area contributed by atoms with Crippen molar-refractivity contribution < 1.29 is 14.2 Å². The number of aryl methyl sites for hydroxylation is 3. The van der Waals surface area contributed by atoms with E-state index in [2.05, 4.69) is 449 Å². The van der Waals surface area contributed by atoms with Gasteiger partial charge in [0, 0.05) is 133 Å². The maximum absolute atomic E-state index is 11.1. The molecule has 0 bridgehead atoms. The van der Waals surface area contributed by atoms with Crippen LogP contribution in [0.5, 0.6) is 5.75 Å². The van der Waals surface area contributed by atoms with Crippen LogP contribution in [0.2, 0.25) is 0 Å². The van der Waals surface area contributed by atoms with E-state index in [9.17, 15) is 4.79 Å². The van der Waals surface area contributed by atoms with Gasteiger partial charge in [0.1, 0.15) is 16.8 Å². The summed E-state index contributed by atoms with van der Waals surface area (Å²) in [5.41, 5.74) is 21.8. The number of nitrogens with zero attached hydrogens (tertiary/aromatic N) is 8. The van der Waals surface area contributed by atoms with Crippen molar-refractivity contribution in [1.82, 2.24) is 34.3 Å². The summed E-state index contributed by atoms with van der Waals surface area (Å²) in [4.78, 5) is 27.1. The topological polar surface area (TPSA) is 126 Å². The van der Waals surface area contributed by atoms with E-state index in [4.69, 9.17) is 4.74 Å². The number of fused-ring (bicyclic) bond motifs is 11. The summed E-state index contributed by atoms with van der Waals surface area (Å²) in [6.07, 6.45) is 17.2. The minimum absolute atomic E-state index is 0. The fourth-order valence-corrected chi connectivity index (χ4v) is 16.2. The molecular weight excluding hydrogens is 1760 g/mol. The molecule has 0 atom stereocenters. The molecule has 15 aromatic rings. The number of para-hydroxylation sites is 7. The molecule has 0 saturated carbocycles. The van der Waals surface area contributed by atoms with E-state index in [0.29, 0.717) is 42.4 Å². The number of rotatable bonds is 5. The van der Waals surface area contributed by atoms with Crippen molar-refractivity contribution in [3.8, 4) is 5.75 Å². The highest BCUT2D eigenvalue weighted by atomic mass is 32.2. The zero-order valence-electron chi connectivity index (χ0n) is 91.0. The Bertz CT molecular complexity index is 5420. The van der Waals surface area contributed by atoms with Crippen LogP contribution in [0.15, 0.2) is 307 Å². The zero-order valence-corrected chi connectivity index (χ0v) is 91.8. The number of hydrogen-bond donors (Lipinski definition) is 2. The Morgan fingerprint density at radius 1 is 0.352 bits per heavy atom. The smallest absolute Gasteiger partial charge is 0.163 e. The molecule has 13 nitrogen and oxygen atoms in total. The van der Waals surface area contributed by atoms with Crippen LogP contribution < -0.4 is 19.9 Å². The average Bonchev–Trinajstić information content (AvgIpc) is 1.02. The molecule has 22 rings (SSSR count). The van der Waals surface area contributed by atoms with Crippen molar-refractivity contribution in [2.24, 2.45) is 35.5 Å². The van der Waals surface area contributed by atoms with Gasteiger partial charge in [-0.1, -0.05) is 346 Å². The molecule has 0 amide bonds. The lowest BCUT2D eigenvalue weighted by Gasteiger charge is -2.34. The van der Waals surface area contributed by atoms with Crippen LogP contribution in [0.3, 0.4) is 0 Å². The number of thioether (sulfide) groups is 1. The normalized spacial score (nSPS) is 12.9. The third-order valence-electron chi connectivity index (χ3n) is 21.6. The third kappa shape index (κ3) is 46.3. The van der Waals surface area contributed by atoms with E-state index in [1.54, 1.807) is 6.33 Å². The number of nitrogens with one attached hydrogen (secondary N) is 2. The lowest BCUT2D eigenvalue weighted by atomic mass is 10.0. The first-order valence-corrected chi connectivity index (χ1v) is 53.0. The standard InChI is InChI=1S/C12H17N.C11H15N.C11H13N.C11H15N.C11H13N.C9H8O.C8H9N.C8H8O.C8H8S.C7H6N2.C6H4N2O.6C4H10.2CH4/c1-10(2)13-9-5-7-11-6-3-4-8-12(11)13;2*1-9(2)12-7-10-5-3-4-6-11(10)8-12;2*1-9(2)12-8-7-10-5-3-4-6-11(10)12;10-9-6-5-7-3-1-2-4-8(7)9;3*1-2-4-8-7(3-1)5-6-9-8;1-2-4-7-6(3-1)8-5-9-7;1-2-4-6-5(3-1)7-9-8-6;6*1-4(2)3;;/h3-4,6,8,10H,5,7,9H2,1-2H3;3-6,9H,7-8H2,1-2H3;3-9H,1-2H3;3-6,9H,7-8H2,1-2H3;3-9H,1-2H3;1-4H,5-6H2;1-4,9H,5-6H2;2*1-4H,5-6H2;1-5H,(H,8,9);1-4H;6*4H,1-3H3;2*1H4. The number of benzene rings is 11. The second-order valence-electron chi connectivity index (χ2n) is 41.6. The van der Waals surface area contributed by atoms with Crippen LogP contribution >= 0.6 is 11.8 Å². The summed E-state index contributed by atoms with van der Waals surface area (Å²) in [6.45, 7) is 68.0. The van der Waals surface area contributed by atoms with E-state index in [-0.39, 0.29) is 14.9 Å². The molecule has 6 aliphatic heterocycles. The first-order valence-electron chi connectivity index (χ1n) is 52.0. The van der Waals surface area contributed by atoms with Gasteiger partial charge in [-0.25, -0.2) is 9.61 Å². The number of carbonyl (C=O) groups is 1. The number of anilines is 3. The van der Waals surface area contributed by atoms with Crippen LogP contribution in [0.4, 0.5) is 17.1 Å². The highest BCUT2D eigenvalue weighted by Gasteiger charge is 2.23. The summed E-state index contributed by atoms with van der Waals surface area (Å²) in [5.74, 6) is 7.65. The average molecular weight is 1940 g/mol. The number of imidazole rings is 1. The van der Waals surface area contributed by atoms with Crippen molar-refractivity contribution in [1.29, 1.82) is 0 Å². The van der Waals surface area contributed by atoms with Gasteiger partial charge in [-0.3, -0.25) is 9.69 Å². The summed E-state index contributed by atoms with van der Waals surface area (Å²) >= 11 is 1.97. The van der Waals surface area contributed by atoms with Gasteiger partial charge in [0.15, 0.2) is 5.78 Å². The summed E-state index contributed by atoms with van der Waals surface area (Å²) in [7, 11) is 0. The van der Waals surface area contributed by atoms with Crippen molar-refractivity contribution in [3.05, 3.63) is 348 Å². The van der Waals surface area contributed by atoms with Gasteiger partial charge in [0.2, 0.25) is 0 Å². The predicted molar refractivity (Wildman–Crippen MR) is 624 cm³/mol. The fourth-order valence-electron chi connectivity index (χ4n) is 15.2. The van der Waals surface area contributed by atoms with Crippen molar-refractivity contribution >= 4 is 78.3 Å². The van der Waals surface area contributed by atoms with E-state index in [1.165, 1.54) is 139 Å². The quantitative estimate of drug-likeness (QED) is 0.171. The van der Waals surface area contributed by atoms with Crippen molar-refractivity contribution in [2.75, 3.05) is 47.1 Å². The Hall–Kier alpha value is -11.5. The van der Waals surface area contributed by atoms with Gasteiger partial charge in [-0.2, -0.15) is 0 Å². The fraction of sp³-hybridized carbons (Fsp3) is 0.438. The highest BCUT2D eigenvalue weighted by Crippen LogP contribution is 2.33. The lowest BCUT2D eigenvalue weighted by molar-refractivity contribution is 0.0994. The van der Waals surface area contributed by atoms with Crippen LogP contribution in [-0.4, -0.2) is 90.2 Å². The highest BCUT2D eigenvalue weighted by molar-refractivity contribution is 7.99. The van der Waals surface area contributed by atoms with Gasteiger partial charge in [-0.15, -0.1) is 11.8 Å². The number of aromatic amines is 1. The second kappa shape index (κ2) is 67.9. The van der Waals surface area contributed by atoms with Gasteiger partial charge >= 0.3 is 0 Å². The summed E-state index contributed by atoms with van der Waals surface area (Å²) < 4.78 is 14.3. The van der Waals surface area contributed by atoms with Gasteiger partial charge in [0.05, 0.1) is 24.0 Å². The Morgan fingerprint density at radius 2 is 0.789 bits per heavy atom. The molecule has 0 saturated heterocycles. The lowest BCUT2D eigenvalue weighted by Crippen LogP contribution is -2.35. The molecule has 2 N–H and O–H groups in total. The van der Waals surface area contributed by atoms with Gasteiger partial charge < -0.3 is 34.0 Å². The molecular formula is C128H184N10O3S. The van der Waals surface area contributed by atoms with E-state index in [0.717, 1.165) is 108 Å². The SMILES string of the molecule is C.C.CC(C)C.CC(C)C.CC(C)C.CC(C)C.CC(C)C.CC(C)C.CC(C)N1CCCc2ccccc21.CC(C)N1CCc2ccccc21.CC(C)N1Cc2ccccc2C1.CC(C)n1cc2ccccc2c1.CC(C)n1ccc2ccccc21.O=C1CCc2ccccc21.c1ccc2[nH]cnc2c1.c1ccc2c(c1)CCN2.c1ccc2c(c1)CCO2.c1ccc2c(c1)CCS2.c1ccc2nonc2c1. The molecule has 0 fully saturated rings. The van der Waals surface area contributed by atoms with Crippen molar-refractivity contribution in [3.63, 3.8) is 0 Å². The monoisotopic (exact) mass is 1940 g/mol. The second-order valence-corrected chi connectivity index (χ2v) is 42.8. The minimum Gasteiger partial charge on any atom is -0.493 e. The molecule has 0 spiro atoms. The Morgan fingerprint density at radius 3 is 1.29 bits per heavy atom. The number of ketones is 1. The molecule has 0 unspecified atom stereocenters. The first-order chi connectivity index (χ1) is 67.0. The van der Waals surface area contributed by atoms with Crippen LogP contribution in [0.25, 0.3) is 43.7 Å². The number of Topliss-reactive ketones (excluding diaryl/α,β-unsaturated/α-hetero) is 1. The maximum Gasteiger partial charge on any atom is 0.163 e. The van der Waals surface area contributed by atoms with Crippen LogP contribution in [0, 0.1) is 35.5 Å². The van der Waals surface area contributed by atoms with Gasteiger partial charge in [0.25, 0.3) is 0 Å². The molecule has 11 aromatic carbocycles. The number of ether oxygens (including phenoxy) is 1. The Balaban J connectivity index is 0.000000318. The van der Waals surface area contributed by atoms with Crippen molar-refractivity contribution in [2.45, 2.75) is 308 Å². The zero-order chi connectivity index (χ0) is 102. The Labute approximate surface area is 865 Å². The largest absolute Gasteiger partial charge is 0.493 e. The van der Waals surface area contributed by atoms with Crippen LogP contribution in [-0.2, 0) is 51.6 Å². The predicted octanol–water partition coefficient (Wildman–Crippen LogP) is 35.6. The Kier molecular flexibility index (Phi) is 58.8. The molecule has 7 aliphatic rings. The molecule has 4 aromatic heterocycles. The summed E-state index contributed by atoms with van der Waals surface area (Å²) in [5, 5.41) is 14.5. The van der Waals surface area contributed by atoms with Crippen LogP contribution in [0.1, 0.15) is 289 Å².